The molecule has 1 saturated heterocycles. The van der Waals surface area contributed by atoms with Crippen molar-refractivity contribution < 1.29 is 9.53 Å². The normalized spacial score (nSPS) is 13.9. The number of nitrogens with one attached hydrogen (secondary N) is 1. The summed E-state index contributed by atoms with van der Waals surface area (Å²) in [5, 5.41) is 5.00. The number of thiophene rings is 1. The van der Waals surface area contributed by atoms with Gasteiger partial charge in [0.15, 0.2) is 5.16 Å². The maximum absolute atomic E-state index is 12.8. The van der Waals surface area contributed by atoms with Crippen LogP contribution in [-0.2, 0) is 0 Å². The molecule has 4 rings (SSSR count). The van der Waals surface area contributed by atoms with Crippen molar-refractivity contribution in [1.29, 1.82) is 0 Å². The van der Waals surface area contributed by atoms with Crippen LogP contribution >= 0.6 is 34.7 Å². The highest BCUT2D eigenvalue weighted by Gasteiger charge is 2.21. The summed E-state index contributed by atoms with van der Waals surface area (Å²) in [6.45, 7) is 1.98. The fraction of sp³-hybridized carbons (Fsp3) is 0.316. The molecule has 0 saturated carbocycles. The monoisotopic (exact) mass is 434 g/mol. The Morgan fingerprint density at radius 2 is 2.07 bits per heavy atom. The summed E-state index contributed by atoms with van der Waals surface area (Å²) in [5.41, 5.74) is 0.615. The molecule has 1 fully saturated rings. The summed E-state index contributed by atoms with van der Waals surface area (Å²) in [7, 11) is 1.55. The number of amides is 1. The fourth-order valence-electron chi connectivity index (χ4n) is 3.20. The predicted molar refractivity (Wildman–Crippen MR) is 117 cm³/mol. The number of methoxy groups -OCH3 is 1. The number of carbonyl (C=O) groups is 1. The third-order valence-electron chi connectivity index (χ3n) is 4.57. The Labute approximate surface area is 176 Å². The van der Waals surface area contributed by atoms with E-state index in [0.717, 1.165) is 47.1 Å². The third kappa shape index (κ3) is 3.76. The number of ether oxygens (including phenoxy) is 1. The van der Waals surface area contributed by atoms with E-state index >= 15 is 0 Å². The number of carbonyl (C=O) groups excluding carboxylic acids is 1. The molecule has 0 radical (unpaired) electrons. The number of rotatable bonds is 5. The highest BCUT2D eigenvalue weighted by Crippen LogP contribution is 2.35. The van der Waals surface area contributed by atoms with Crippen molar-refractivity contribution in [3.8, 4) is 5.75 Å². The molecule has 2 aromatic heterocycles. The summed E-state index contributed by atoms with van der Waals surface area (Å²) in [4.78, 5) is 25.8. The zero-order valence-electron chi connectivity index (χ0n) is 15.5. The molecular formula is C19H19ClN4O2S2. The van der Waals surface area contributed by atoms with Crippen LogP contribution in [0.1, 0.15) is 22.5 Å². The third-order valence-corrected chi connectivity index (χ3v) is 6.44. The number of hydrogen-bond acceptors (Lipinski definition) is 7. The van der Waals surface area contributed by atoms with Gasteiger partial charge in [-0.15, -0.1) is 11.3 Å². The second-order valence-electron chi connectivity index (χ2n) is 6.36. The van der Waals surface area contributed by atoms with Crippen LogP contribution in [0, 0.1) is 0 Å². The molecule has 1 aromatic carbocycles. The number of benzene rings is 1. The van der Waals surface area contributed by atoms with E-state index in [1.807, 2.05) is 12.3 Å². The Bertz CT molecular complexity index is 1030. The maximum Gasteiger partial charge on any atom is 0.265 e. The smallest absolute Gasteiger partial charge is 0.265 e. The minimum atomic E-state index is -0.192. The summed E-state index contributed by atoms with van der Waals surface area (Å²) in [5.74, 6) is 1.30. The van der Waals surface area contributed by atoms with Crippen LogP contribution in [0.25, 0.3) is 10.2 Å². The van der Waals surface area contributed by atoms with Gasteiger partial charge in [0.25, 0.3) is 5.91 Å². The van der Waals surface area contributed by atoms with Crippen LogP contribution < -0.4 is 15.0 Å². The van der Waals surface area contributed by atoms with E-state index < -0.39 is 0 Å². The van der Waals surface area contributed by atoms with E-state index in [0.29, 0.717) is 21.3 Å². The second kappa shape index (κ2) is 8.14. The van der Waals surface area contributed by atoms with Crippen LogP contribution in [0.15, 0.2) is 29.4 Å². The molecule has 3 heterocycles. The molecule has 1 N–H and O–H groups in total. The molecule has 9 heteroatoms. The largest absolute Gasteiger partial charge is 0.495 e. The van der Waals surface area contributed by atoms with Gasteiger partial charge in [0.05, 0.1) is 22.4 Å². The Balaban J connectivity index is 1.66. The van der Waals surface area contributed by atoms with Gasteiger partial charge in [-0.1, -0.05) is 23.4 Å². The zero-order valence-corrected chi connectivity index (χ0v) is 17.9. The van der Waals surface area contributed by atoms with E-state index in [9.17, 15) is 4.79 Å². The molecule has 1 aliphatic heterocycles. The Morgan fingerprint density at radius 3 is 2.75 bits per heavy atom. The lowest BCUT2D eigenvalue weighted by Crippen LogP contribution is -2.19. The highest BCUT2D eigenvalue weighted by molar-refractivity contribution is 7.98. The zero-order chi connectivity index (χ0) is 19.7. The van der Waals surface area contributed by atoms with Gasteiger partial charge in [-0.3, -0.25) is 4.79 Å². The molecular weight excluding hydrogens is 416 g/mol. The molecule has 1 amide bonds. The van der Waals surface area contributed by atoms with E-state index in [4.69, 9.17) is 21.3 Å². The SMILES string of the molecule is COc1ccc(NC(=O)c2cc3c(N4CCCC4)nc(SC)nc3s2)cc1Cl. The average Bonchev–Trinajstić information content (AvgIpc) is 3.37. The van der Waals surface area contributed by atoms with Crippen molar-refractivity contribution in [2.75, 3.05) is 36.7 Å². The van der Waals surface area contributed by atoms with E-state index in [1.54, 1.807) is 25.3 Å². The highest BCUT2D eigenvalue weighted by atomic mass is 35.5. The van der Waals surface area contributed by atoms with Crippen molar-refractivity contribution in [2.24, 2.45) is 0 Å². The molecule has 0 bridgehead atoms. The molecule has 0 unspecified atom stereocenters. The number of nitrogens with zero attached hydrogens (tertiary/aromatic N) is 3. The molecule has 28 heavy (non-hydrogen) atoms. The molecule has 1 aliphatic rings. The maximum atomic E-state index is 12.8. The number of fused-ring (bicyclic) bond motifs is 1. The molecule has 0 spiro atoms. The van der Waals surface area contributed by atoms with Gasteiger partial charge >= 0.3 is 0 Å². The van der Waals surface area contributed by atoms with Gasteiger partial charge in [-0.2, -0.15) is 0 Å². The van der Waals surface area contributed by atoms with Gasteiger partial charge in [-0.05, 0) is 43.4 Å². The first-order chi connectivity index (χ1) is 13.6. The van der Waals surface area contributed by atoms with Gasteiger partial charge in [0, 0.05) is 18.8 Å². The summed E-state index contributed by atoms with van der Waals surface area (Å²) < 4.78 is 5.15. The van der Waals surface area contributed by atoms with Crippen LogP contribution in [-0.4, -0.2) is 42.3 Å². The lowest BCUT2D eigenvalue weighted by molar-refractivity contribution is 0.103. The van der Waals surface area contributed by atoms with Crippen molar-refractivity contribution in [3.05, 3.63) is 34.2 Å². The number of aromatic nitrogens is 2. The first kappa shape index (κ1) is 19.3. The topological polar surface area (TPSA) is 67.3 Å². The number of thioether (sulfide) groups is 1. The minimum absolute atomic E-state index is 0.192. The molecule has 0 atom stereocenters. The van der Waals surface area contributed by atoms with E-state index in [2.05, 4.69) is 15.2 Å². The van der Waals surface area contributed by atoms with E-state index in [-0.39, 0.29) is 5.91 Å². The standard InChI is InChI=1S/C19H19ClN4O2S2/c1-26-14-6-5-11(9-13(14)20)21-17(25)15-10-12-16(24-7-3-4-8-24)22-19(27-2)23-18(12)28-15/h5-6,9-10H,3-4,7-8H2,1-2H3,(H,21,25). The minimum Gasteiger partial charge on any atom is -0.495 e. The summed E-state index contributed by atoms with van der Waals surface area (Å²) in [6.07, 6.45) is 4.29. The number of hydrogen-bond donors (Lipinski definition) is 1. The molecule has 3 aromatic rings. The quantitative estimate of drug-likeness (QED) is 0.453. The first-order valence-electron chi connectivity index (χ1n) is 8.84. The van der Waals surface area contributed by atoms with Crippen LogP contribution in [0.2, 0.25) is 5.02 Å². The molecule has 0 aliphatic carbocycles. The second-order valence-corrected chi connectivity index (χ2v) is 8.57. The Hall–Kier alpha value is -2.03. The van der Waals surface area contributed by atoms with Crippen LogP contribution in [0.4, 0.5) is 11.5 Å². The van der Waals surface area contributed by atoms with Crippen molar-refractivity contribution in [2.45, 2.75) is 18.0 Å². The lowest BCUT2D eigenvalue weighted by Gasteiger charge is -2.17. The van der Waals surface area contributed by atoms with Gasteiger partial charge in [-0.25, -0.2) is 9.97 Å². The Morgan fingerprint density at radius 1 is 1.29 bits per heavy atom. The first-order valence-corrected chi connectivity index (χ1v) is 11.3. The molecule has 6 nitrogen and oxygen atoms in total. The lowest BCUT2D eigenvalue weighted by atomic mass is 10.2. The fourth-order valence-corrected chi connectivity index (χ4v) is 4.79. The van der Waals surface area contributed by atoms with Crippen molar-refractivity contribution >= 4 is 62.3 Å². The van der Waals surface area contributed by atoms with Crippen molar-refractivity contribution in [1.82, 2.24) is 9.97 Å². The summed E-state index contributed by atoms with van der Waals surface area (Å²) >= 11 is 9.04. The van der Waals surface area contributed by atoms with Gasteiger partial charge in [0.1, 0.15) is 16.4 Å². The molecule has 146 valence electrons. The van der Waals surface area contributed by atoms with Crippen molar-refractivity contribution in [3.63, 3.8) is 0 Å². The number of halogens is 1. The predicted octanol–water partition coefficient (Wildman–Crippen LogP) is 4.93. The van der Waals surface area contributed by atoms with Crippen LogP contribution in [0.3, 0.4) is 0 Å². The number of anilines is 2. The van der Waals surface area contributed by atoms with E-state index in [1.165, 1.54) is 23.1 Å². The average molecular weight is 435 g/mol. The van der Waals surface area contributed by atoms with Crippen LogP contribution in [0.5, 0.6) is 5.75 Å². The Kier molecular flexibility index (Phi) is 5.61. The summed E-state index contributed by atoms with van der Waals surface area (Å²) in [6, 6.07) is 7.05. The van der Waals surface area contributed by atoms with Gasteiger partial charge < -0.3 is 15.0 Å². The van der Waals surface area contributed by atoms with Gasteiger partial charge in [0.2, 0.25) is 0 Å².